The van der Waals surface area contributed by atoms with E-state index >= 15 is 0 Å². The van der Waals surface area contributed by atoms with Crippen molar-refractivity contribution in [3.05, 3.63) is 40.7 Å². The first-order valence-corrected chi connectivity index (χ1v) is 5.23. The molecule has 18 heavy (non-hydrogen) atoms. The number of rotatable bonds is 2. The van der Waals surface area contributed by atoms with E-state index in [1.165, 1.54) is 6.20 Å². The van der Waals surface area contributed by atoms with Crippen LogP contribution < -0.4 is 15.2 Å². The molecule has 0 saturated heterocycles. The zero-order valence-electron chi connectivity index (χ0n) is 9.95. The standard InChI is InChI=1S/C12H12N2O4/c1-13(2)14-7-10(18-12(16)17)11(15)8-5-3-4-6-9(8)14/h3-7H,1-2H3,(H,16,17). The Balaban J connectivity index is 2.79. The van der Waals surface area contributed by atoms with Crippen molar-refractivity contribution in [3.63, 3.8) is 0 Å². The molecule has 0 aliphatic rings. The molecule has 2 rings (SSSR count). The monoisotopic (exact) mass is 248 g/mol. The Bertz CT molecular complexity index is 661. The minimum Gasteiger partial charge on any atom is -0.449 e. The molecule has 1 aromatic carbocycles. The van der Waals surface area contributed by atoms with Crippen molar-refractivity contribution in [1.29, 1.82) is 0 Å². The molecule has 0 aliphatic heterocycles. The van der Waals surface area contributed by atoms with Crippen molar-refractivity contribution in [2.45, 2.75) is 0 Å². The summed E-state index contributed by atoms with van der Waals surface area (Å²) in [6, 6.07) is 6.93. The Morgan fingerprint density at radius 2 is 2.00 bits per heavy atom. The lowest BCUT2D eigenvalue weighted by Gasteiger charge is -2.20. The molecule has 0 saturated carbocycles. The SMILES string of the molecule is CN(C)n1cc(OC(=O)O)c(=O)c2ccccc21. The third-order valence-electron chi connectivity index (χ3n) is 2.49. The first kappa shape index (κ1) is 12.0. The Hall–Kier alpha value is -2.50. The summed E-state index contributed by atoms with van der Waals surface area (Å²) in [6.07, 6.45) is -0.147. The highest BCUT2D eigenvalue weighted by Gasteiger charge is 2.13. The van der Waals surface area contributed by atoms with Gasteiger partial charge in [-0.25, -0.2) is 4.79 Å². The Morgan fingerprint density at radius 1 is 1.33 bits per heavy atom. The number of hydrogen-bond donors (Lipinski definition) is 1. The lowest BCUT2D eigenvalue weighted by atomic mass is 10.2. The molecule has 1 aromatic heterocycles. The van der Waals surface area contributed by atoms with E-state index in [1.54, 1.807) is 48.0 Å². The van der Waals surface area contributed by atoms with Gasteiger partial charge < -0.3 is 14.9 Å². The predicted octanol–water partition coefficient (Wildman–Crippen LogP) is 1.26. The van der Waals surface area contributed by atoms with Gasteiger partial charge in [0.2, 0.25) is 11.2 Å². The van der Waals surface area contributed by atoms with Crippen LogP contribution in [0, 0.1) is 0 Å². The summed E-state index contributed by atoms with van der Waals surface area (Å²) in [4.78, 5) is 22.6. The van der Waals surface area contributed by atoms with Crippen molar-refractivity contribution in [2.75, 3.05) is 19.1 Å². The van der Waals surface area contributed by atoms with E-state index in [0.717, 1.165) is 0 Å². The zero-order valence-corrected chi connectivity index (χ0v) is 9.95. The molecule has 0 spiro atoms. The largest absolute Gasteiger partial charge is 0.511 e. The number of fused-ring (bicyclic) bond motifs is 1. The fraction of sp³-hybridized carbons (Fsp3) is 0.167. The van der Waals surface area contributed by atoms with Crippen LogP contribution in [0.5, 0.6) is 5.75 Å². The predicted molar refractivity (Wildman–Crippen MR) is 66.9 cm³/mol. The summed E-state index contributed by atoms with van der Waals surface area (Å²) in [5.41, 5.74) is 0.247. The van der Waals surface area contributed by atoms with E-state index in [2.05, 4.69) is 4.74 Å². The van der Waals surface area contributed by atoms with Crippen LogP contribution in [0.25, 0.3) is 10.9 Å². The van der Waals surface area contributed by atoms with Gasteiger partial charge in [0.15, 0.2) is 0 Å². The summed E-state index contributed by atoms with van der Waals surface area (Å²) in [6.45, 7) is 0. The van der Waals surface area contributed by atoms with Crippen molar-refractivity contribution in [2.24, 2.45) is 0 Å². The topological polar surface area (TPSA) is 71.8 Å². The summed E-state index contributed by atoms with van der Waals surface area (Å²) >= 11 is 0. The molecule has 0 amide bonds. The van der Waals surface area contributed by atoms with Gasteiger partial charge in [-0.3, -0.25) is 9.47 Å². The molecule has 0 bridgehead atoms. The highest BCUT2D eigenvalue weighted by atomic mass is 16.7. The maximum atomic E-state index is 12.0. The number of para-hydroxylation sites is 1. The average Bonchev–Trinajstić information content (AvgIpc) is 2.32. The van der Waals surface area contributed by atoms with Crippen LogP contribution in [0.1, 0.15) is 0 Å². The number of nitrogens with zero attached hydrogens (tertiary/aromatic N) is 2. The van der Waals surface area contributed by atoms with Gasteiger partial charge in [0, 0.05) is 14.1 Å². The molecule has 0 radical (unpaired) electrons. The third-order valence-corrected chi connectivity index (χ3v) is 2.49. The first-order valence-electron chi connectivity index (χ1n) is 5.23. The van der Waals surface area contributed by atoms with Gasteiger partial charge in [-0.1, -0.05) is 12.1 Å². The molecule has 0 unspecified atom stereocenters. The quantitative estimate of drug-likeness (QED) is 0.810. The Kier molecular flexibility index (Phi) is 2.93. The fourth-order valence-electron chi connectivity index (χ4n) is 1.74. The van der Waals surface area contributed by atoms with Crippen LogP contribution in [-0.4, -0.2) is 30.0 Å². The van der Waals surface area contributed by atoms with Gasteiger partial charge in [-0.05, 0) is 12.1 Å². The lowest BCUT2D eigenvalue weighted by Crippen LogP contribution is -2.28. The van der Waals surface area contributed by atoms with Crippen LogP contribution in [0.4, 0.5) is 4.79 Å². The maximum absolute atomic E-state index is 12.0. The van der Waals surface area contributed by atoms with Crippen molar-refractivity contribution < 1.29 is 14.6 Å². The first-order chi connectivity index (χ1) is 8.50. The second-order valence-corrected chi connectivity index (χ2v) is 3.90. The number of benzene rings is 1. The molecule has 1 N–H and O–H groups in total. The van der Waals surface area contributed by atoms with Gasteiger partial charge >= 0.3 is 6.16 Å². The van der Waals surface area contributed by atoms with Gasteiger partial charge in [0.1, 0.15) is 0 Å². The van der Waals surface area contributed by atoms with Gasteiger partial charge in [0.05, 0.1) is 17.1 Å². The van der Waals surface area contributed by atoms with Gasteiger partial charge in [0.25, 0.3) is 0 Å². The van der Waals surface area contributed by atoms with E-state index in [-0.39, 0.29) is 5.75 Å². The third kappa shape index (κ3) is 2.00. The van der Waals surface area contributed by atoms with Crippen LogP contribution in [-0.2, 0) is 0 Å². The van der Waals surface area contributed by atoms with Crippen LogP contribution >= 0.6 is 0 Å². The molecular formula is C12H12N2O4. The molecular weight excluding hydrogens is 236 g/mol. The fourth-order valence-corrected chi connectivity index (χ4v) is 1.74. The Labute approximate surface area is 103 Å². The number of ether oxygens (including phenoxy) is 1. The number of carboxylic acid groups (broad SMARTS) is 1. The highest BCUT2D eigenvalue weighted by molar-refractivity contribution is 5.81. The lowest BCUT2D eigenvalue weighted by molar-refractivity contribution is 0.144. The van der Waals surface area contributed by atoms with Gasteiger partial charge in [-0.15, -0.1) is 0 Å². The average molecular weight is 248 g/mol. The van der Waals surface area contributed by atoms with Crippen molar-refractivity contribution in [3.8, 4) is 5.75 Å². The Morgan fingerprint density at radius 3 is 2.61 bits per heavy atom. The summed E-state index contributed by atoms with van der Waals surface area (Å²) in [7, 11) is 3.56. The number of aromatic nitrogens is 1. The molecule has 0 aliphatic carbocycles. The molecule has 0 atom stereocenters. The second-order valence-electron chi connectivity index (χ2n) is 3.90. The van der Waals surface area contributed by atoms with E-state index < -0.39 is 11.6 Å². The van der Waals surface area contributed by atoms with E-state index in [0.29, 0.717) is 10.9 Å². The molecule has 94 valence electrons. The zero-order chi connectivity index (χ0) is 13.3. The van der Waals surface area contributed by atoms with E-state index in [9.17, 15) is 9.59 Å². The van der Waals surface area contributed by atoms with Gasteiger partial charge in [-0.2, -0.15) is 0 Å². The highest BCUT2D eigenvalue weighted by Crippen LogP contribution is 2.15. The number of pyridine rings is 1. The summed E-state index contributed by atoms with van der Waals surface area (Å²) in [5.74, 6) is -0.213. The smallest absolute Gasteiger partial charge is 0.449 e. The minimum atomic E-state index is -1.51. The summed E-state index contributed by atoms with van der Waals surface area (Å²) in [5, 5.41) is 10.7. The van der Waals surface area contributed by atoms with E-state index in [1.807, 2.05) is 0 Å². The molecule has 0 fully saturated rings. The molecule has 6 nitrogen and oxygen atoms in total. The van der Waals surface area contributed by atoms with Crippen LogP contribution in [0.3, 0.4) is 0 Å². The van der Waals surface area contributed by atoms with Crippen molar-refractivity contribution >= 4 is 17.1 Å². The van der Waals surface area contributed by atoms with Crippen LogP contribution in [0.2, 0.25) is 0 Å². The number of carbonyl (C=O) groups is 1. The van der Waals surface area contributed by atoms with Crippen LogP contribution in [0.15, 0.2) is 35.3 Å². The molecule has 6 heteroatoms. The van der Waals surface area contributed by atoms with E-state index in [4.69, 9.17) is 5.11 Å². The molecule has 1 heterocycles. The van der Waals surface area contributed by atoms with Crippen molar-refractivity contribution in [1.82, 2.24) is 4.68 Å². The molecule has 2 aromatic rings. The maximum Gasteiger partial charge on any atom is 0.511 e. The second kappa shape index (κ2) is 4.40. The normalized spacial score (nSPS) is 10.3. The number of hydrogen-bond acceptors (Lipinski definition) is 4. The summed E-state index contributed by atoms with van der Waals surface area (Å²) < 4.78 is 6.15. The minimum absolute atomic E-state index is 0.213.